The van der Waals surface area contributed by atoms with E-state index in [4.69, 9.17) is 4.74 Å². The van der Waals surface area contributed by atoms with Gasteiger partial charge in [0.15, 0.2) is 0 Å². The molecule has 1 aliphatic heterocycles. The van der Waals surface area contributed by atoms with E-state index >= 15 is 0 Å². The lowest BCUT2D eigenvalue weighted by Gasteiger charge is -2.04. The minimum atomic E-state index is -0.0797. The lowest BCUT2D eigenvalue weighted by atomic mass is 10.1. The molecule has 0 radical (unpaired) electrons. The summed E-state index contributed by atoms with van der Waals surface area (Å²) in [5.74, 6) is 1.29. The lowest BCUT2D eigenvalue weighted by molar-refractivity contribution is 0.185. The SMILES string of the molecule is O=c1ccnc(CC2CCOC2)[nH]1. The Morgan fingerprint density at radius 2 is 2.62 bits per heavy atom. The van der Waals surface area contributed by atoms with E-state index < -0.39 is 0 Å². The molecule has 0 spiro atoms. The molecule has 1 unspecified atom stereocenters. The van der Waals surface area contributed by atoms with Crippen molar-refractivity contribution in [3.8, 4) is 0 Å². The second kappa shape index (κ2) is 3.70. The van der Waals surface area contributed by atoms with Crippen molar-refractivity contribution in [1.82, 2.24) is 9.97 Å². The van der Waals surface area contributed by atoms with Crippen molar-refractivity contribution < 1.29 is 4.74 Å². The fourth-order valence-electron chi connectivity index (χ4n) is 1.53. The molecule has 2 rings (SSSR count). The summed E-state index contributed by atoms with van der Waals surface area (Å²) in [6.45, 7) is 1.63. The van der Waals surface area contributed by atoms with Crippen LogP contribution in [0, 0.1) is 5.92 Å². The third-order valence-corrected chi connectivity index (χ3v) is 2.23. The van der Waals surface area contributed by atoms with Crippen molar-refractivity contribution in [3.05, 3.63) is 28.4 Å². The minimum absolute atomic E-state index is 0.0797. The van der Waals surface area contributed by atoms with Crippen molar-refractivity contribution in [3.63, 3.8) is 0 Å². The number of aromatic nitrogens is 2. The number of rotatable bonds is 2. The van der Waals surface area contributed by atoms with Gasteiger partial charge in [0.05, 0.1) is 0 Å². The number of hydrogen-bond donors (Lipinski definition) is 1. The fourth-order valence-corrected chi connectivity index (χ4v) is 1.53. The Hall–Kier alpha value is -1.16. The van der Waals surface area contributed by atoms with E-state index in [9.17, 15) is 4.79 Å². The molecular weight excluding hydrogens is 168 g/mol. The topological polar surface area (TPSA) is 55.0 Å². The Kier molecular flexibility index (Phi) is 2.40. The smallest absolute Gasteiger partial charge is 0.250 e. The van der Waals surface area contributed by atoms with E-state index in [1.165, 1.54) is 6.07 Å². The third kappa shape index (κ3) is 2.15. The summed E-state index contributed by atoms with van der Waals surface area (Å²) in [4.78, 5) is 17.7. The summed E-state index contributed by atoms with van der Waals surface area (Å²) in [6, 6.07) is 1.43. The quantitative estimate of drug-likeness (QED) is 0.714. The summed E-state index contributed by atoms with van der Waals surface area (Å²) >= 11 is 0. The molecule has 1 fully saturated rings. The van der Waals surface area contributed by atoms with Gasteiger partial charge in [0, 0.05) is 31.9 Å². The summed E-state index contributed by atoms with van der Waals surface area (Å²) in [5, 5.41) is 0. The van der Waals surface area contributed by atoms with E-state index in [2.05, 4.69) is 9.97 Å². The van der Waals surface area contributed by atoms with Crippen LogP contribution in [0.15, 0.2) is 17.1 Å². The van der Waals surface area contributed by atoms with Crippen LogP contribution in [0.2, 0.25) is 0 Å². The van der Waals surface area contributed by atoms with Crippen LogP contribution < -0.4 is 5.56 Å². The van der Waals surface area contributed by atoms with E-state index in [-0.39, 0.29) is 5.56 Å². The number of aromatic amines is 1. The molecule has 70 valence electrons. The van der Waals surface area contributed by atoms with Gasteiger partial charge in [-0.3, -0.25) is 4.79 Å². The first-order valence-electron chi connectivity index (χ1n) is 4.46. The zero-order chi connectivity index (χ0) is 9.10. The van der Waals surface area contributed by atoms with Gasteiger partial charge >= 0.3 is 0 Å². The number of hydrogen-bond acceptors (Lipinski definition) is 3. The van der Waals surface area contributed by atoms with Crippen molar-refractivity contribution in [1.29, 1.82) is 0 Å². The standard InChI is InChI=1S/C9H12N2O2/c12-9-1-3-10-8(11-9)5-7-2-4-13-6-7/h1,3,7H,2,4-6H2,(H,10,11,12). The van der Waals surface area contributed by atoms with Crippen LogP contribution in [0.3, 0.4) is 0 Å². The van der Waals surface area contributed by atoms with Crippen LogP contribution in [0.4, 0.5) is 0 Å². The maximum absolute atomic E-state index is 10.9. The van der Waals surface area contributed by atoms with Gasteiger partial charge in [-0.2, -0.15) is 0 Å². The molecule has 1 atom stereocenters. The second-order valence-corrected chi connectivity index (χ2v) is 3.31. The van der Waals surface area contributed by atoms with Crippen LogP contribution in [-0.2, 0) is 11.2 Å². The summed E-state index contributed by atoms with van der Waals surface area (Å²) in [7, 11) is 0. The Morgan fingerprint density at radius 3 is 3.31 bits per heavy atom. The van der Waals surface area contributed by atoms with Crippen molar-refractivity contribution >= 4 is 0 Å². The van der Waals surface area contributed by atoms with Crippen LogP contribution in [0.5, 0.6) is 0 Å². The van der Waals surface area contributed by atoms with Gasteiger partial charge in [0.25, 0.3) is 5.56 Å². The molecular formula is C9H12N2O2. The Bertz CT molecular complexity index is 328. The molecule has 1 N–H and O–H groups in total. The highest BCUT2D eigenvalue weighted by Gasteiger charge is 2.16. The van der Waals surface area contributed by atoms with Crippen LogP contribution in [0.25, 0.3) is 0 Å². The van der Waals surface area contributed by atoms with E-state index in [0.29, 0.717) is 5.92 Å². The molecule has 1 saturated heterocycles. The molecule has 2 heterocycles. The van der Waals surface area contributed by atoms with Gasteiger partial charge in [-0.05, 0) is 12.3 Å². The third-order valence-electron chi connectivity index (χ3n) is 2.23. The van der Waals surface area contributed by atoms with Crippen LogP contribution >= 0.6 is 0 Å². The Balaban J connectivity index is 2.04. The first-order chi connectivity index (χ1) is 6.34. The maximum atomic E-state index is 10.9. The van der Waals surface area contributed by atoms with Gasteiger partial charge in [-0.1, -0.05) is 0 Å². The first kappa shape index (κ1) is 8.44. The first-order valence-corrected chi connectivity index (χ1v) is 4.46. The molecule has 1 aromatic rings. The Morgan fingerprint density at radius 1 is 1.69 bits per heavy atom. The second-order valence-electron chi connectivity index (χ2n) is 3.31. The molecule has 0 aromatic carbocycles. The van der Waals surface area contributed by atoms with E-state index in [1.54, 1.807) is 6.20 Å². The Labute approximate surface area is 76.0 Å². The number of nitrogens with one attached hydrogen (secondary N) is 1. The zero-order valence-corrected chi connectivity index (χ0v) is 7.32. The van der Waals surface area contributed by atoms with Crippen molar-refractivity contribution in [2.45, 2.75) is 12.8 Å². The van der Waals surface area contributed by atoms with Gasteiger partial charge < -0.3 is 9.72 Å². The zero-order valence-electron chi connectivity index (χ0n) is 7.32. The number of H-pyrrole nitrogens is 1. The van der Waals surface area contributed by atoms with Gasteiger partial charge in [0.2, 0.25) is 0 Å². The van der Waals surface area contributed by atoms with Crippen molar-refractivity contribution in [2.75, 3.05) is 13.2 Å². The average molecular weight is 180 g/mol. The molecule has 4 heteroatoms. The summed E-state index contributed by atoms with van der Waals surface area (Å²) in [6.07, 6.45) is 3.43. The highest BCUT2D eigenvalue weighted by atomic mass is 16.5. The highest BCUT2D eigenvalue weighted by molar-refractivity contribution is 4.91. The number of ether oxygens (including phenoxy) is 1. The molecule has 13 heavy (non-hydrogen) atoms. The number of nitrogens with zero attached hydrogens (tertiary/aromatic N) is 1. The van der Waals surface area contributed by atoms with Gasteiger partial charge in [-0.15, -0.1) is 0 Å². The van der Waals surface area contributed by atoms with E-state index in [0.717, 1.165) is 31.9 Å². The maximum Gasteiger partial charge on any atom is 0.250 e. The molecule has 1 aromatic heterocycles. The lowest BCUT2D eigenvalue weighted by Crippen LogP contribution is -2.13. The minimum Gasteiger partial charge on any atom is -0.381 e. The largest absolute Gasteiger partial charge is 0.381 e. The summed E-state index contributed by atoms with van der Waals surface area (Å²) in [5.41, 5.74) is -0.0797. The molecule has 0 amide bonds. The monoisotopic (exact) mass is 180 g/mol. The molecule has 0 bridgehead atoms. The normalized spacial score (nSPS) is 22.0. The molecule has 1 aliphatic rings. The van der Waals surface area contributed by atoms with Gasteiger partial charge in [-0.25, -0.2) is 4.98 Å². The molecule has 0 saturated carbocycles. The van der Waals surface area contributed by atoms with Crippen LogP contribution in [-0.4, -0.2) is 23.2 Å². The average Bonchev–Trinajstić information content (AvgIpc) is 2.57. The predicted octanol–water partition coefficient (Wildman–Crippen LogP) is 0.349. The van der Waals surface area contributed by atoms with Gasteiger partial charge in [0.1, 0.15) is 5.82 Å². The van der Waals surface area contributed by atoms with E-state index in [1.807, 2.05) is 0 Å². The molecule has 0 aliphatic carbocycles. The summed E-state index contributed by atoms with van der Waals surface area (Å²) < 4.78 is 5.24. The van der Waals surface area contributed by atoms with Crippen LogP contribution in [0.1, 0.15) is 12.2 Å². The van der Waals surface area contributed by atoms with Crippen molar-refractivity contribution in [2.24, 2.45) is 5.92 Å². The fraction of sp³-hybridized carbons (Fsp3) is 0.556. The highest BCUT2D eigenvalue weighted by Crippen LogP contribution is 2.15. The predicted molar refractivity (Wildman–Crippen MR) is 47.5 cm³/mol. The molecule has 4 nitrogen and oxygen atoms in total.